The van der Waals surface area contributed by atoms with Gasteiger partial charge < -0.3 is 15.0 Å². The lowest BCUT2D eigenvalue weighted by atomic mass is 10.0. The van der Waals surface area contributed by atoms with Gasteiger partial charge in [-0.05, 0) is 74.6 Å². The van der Waals surface area contributed by atoms with Gasteiger partial charge in [0.1, 0.15) is 11.8 Å². The maximum atomic E-state index is 14.0. The summed E-state index contributed by atoms with van der Waals surface area (Å²) in [5.41, 5.74) is 4.15. The van der Waals surface area contributed by atoms with Crippen molar-refractivity contribution in [2.45, 2.75) is 65.6 Å². The fourth-order valence-corrected chi connectivity index (χ4v) is 5.89. The zero-order valence-electron chi connectivity index (χ0n) is 25.5. The lowest BCUT2D eigenvalue weighted by molar-refractivity contribution is -0.141. The van der Waals surface area contributed by atoms with E-state index in [2.05, 4.69) is 5.32 Å². The van der Waals surface area contributed by atoms with E-state index in [-0.39, 0.29) is 43.8 Å². The van der Waals surface area contributed by atoms with Crippen LogP contribution in [-0.2, 0) is 32.6 Å². The second kappa shape index (κ2) is 14.9. The van der Waals surface area contributed by atoms with Crippen molar-refractivity contribution in [1.29, 1.82) is 0 Å². The Kier molecular flexibility index (Phi) is 11.6. The van der Waals surface area contributed by atoms with Gasteiger partial charge >= 0.3 is 0 Å². The fourth-order valence-electron chi connectivity index (χ4n) is 4.87. The minimum Gasteiger partial charge on any atom is -0.497 e. The molecular weight excluding hydrogens is 550 g/mol. The third kappa shape index (κ3) is 9.34. The van der Waals surface area contributed by atoms with Crippen LogP contribution < -0.4 is 14.4 Å². The highest BCUT2D eigenvalue weighted by atomic mass is 32.2. The summed E-state index contributed by atoms with van der Waals surface area (Å²) >= 11 is 0. The van der Waals surface area contributed by atoms with Crippen LogP contribution in [0, 0.1) is 13.8 Å². The Morgan fingerprint density at radius 1 is 0.929 bits per heavy atom. The van der Waals surface area contributed by atoms with Crippen molar-refractivity contribution >= 4 is 27.5 Å². The van der Waals surface area contributed by atoms with Crippen molar-refractivity contribution in [1.82, 2.24) is 10.2 Å². The molecule has 0 fully saturated rings. The Balaban J connectivity index is 1.92. The number of carbonyl (C=O) groups excluding carboxylic acids is 2. The van der Waals surface area contributed by atoms with Crippen LogP contribution in [0.25, 0.3) is 0 Å². The van der Waals surface area contributed by atoms with E-state index in [1.165, 1.54) is 10.6 Å². The summed E-state index contributed by atoms with van der Waals surface area (Å²) < 4.78 is 32.3. The predicted octanol–water partition coefficient (Wildman–Crippen LogP) is 5.02. The Morgan fingerprint density at radius 2 is 1.62 bits per heavy atom. The molecule has 0 saturated heterocycles. The Bertz CT molecular complexity index is 1460. The maximum absolute atomic E-state index is 14.0. The number of carbonyl (C=O) groups is 2. The monoisotopic (exact) mass is 593 g/mol. The lowest BCUT2D eigenvalue weighted by Gasteiger charge is -2.32. The van der Waals surface area contributed by atoms with Gasteiger partial charge in [-0.15, -0.1) is 0 Å². The third-order valence-electron chi connectivity index (χ3n) is 6.97. The van der Waals surface area contributed by atoms with Crippen LogP contribution >= 0.6 is 0 Å². The molecular formula is C33H43N3O5S. The summed E-state index contributed by atoms with van der Waals surface area (Å²) in [6.07, 6.45) is 1.88. The molecule has 0 saturated carbocycles. The summed E-state index contributed by atoms with van der Waals surface area (Å²) in [4.78, 5) is 29.1. The highest BCUT2D eigenvalue weighted by molar-refractivity contribution is 7.92. The van der Waals surface area contributed by atoms with Gasteiger partial charge in [-0.3, -0.25) is 13.9 Å². The quantitative estimate of drug-likeness (QED) is 0.283. The van der Waals surface area contributed by atoms with Crippen molar-refractivity contribution in [3.63, 3.8) is 0 Å². The summed E-state index contributed by atoms with van der Waals surface area (Å²) in [5, 5.41) is 2.99. The number of sulfonamides is 1. The predicted molar refractivity (Wildman–Crippen MR) is 168 cm³/mol. The van der Waals surface area contributed by atoms with E-state index in [0.29, 0.717) is 17.9 Å². The number of benzene rings is 3. The van der Waals surface area contributed by atoms with E-state index in [1.807, 2.05) is 100 Å². The molecule has 0 aromatic heterocycles. The Morgan fingerprint density at radius 3 is 2.26 bits per heavy atom. The first kappa shape index (κ1) is 32.7. The SMILES string of the molecule is COc1cccc(CN(C(=O)CCCN(c2cc(C)ccc2C)S(C)(=O)=O)C(Cc2ccccc2)C(=O)NC(C)C)c1. The normalized spacial score (nSPS) is 12.1. The van der Waals surface area contributed by atoms with Gasteiger partial charge in [0.05, 0.1) is 19.1 Å². The minimum atomic E-state index is -3.59. The van der Waals surface area contributed by atoms with Crippen LogP contribution in [0.15, 0.2) is 72.8 Å². The smallest absolute Gasteiger partial charge is 0.243 e. The number of hydrogen-bond acceptors (Lipinski definition) is 5. The van der Waals surface area contributed by atoms with Crippen molar-refractivity contribution in [2.75, 3.05) is 24.2 Å². The summed E-state index contributed by atoms with van der Waals surface area (Å²) in [6, 6.07) is 21.9. The molecule has 3 rings (SSSR count). The van der Waals surface area contributed by atoms with E-state index in [0.717, 1.165) is 22.3 Å². The number of aryl methyl sites for hydroxylation is 2. The molecule has 42 heavy (non-hydrogen) atoms. The van der Waals surface area contributed by atoms with Crippen LogP contribution in [0.5, 0.6) is 5.75 Å². The van der Waals surface area contributed by atoms with Crippen LogP contribution in [-0.4, -0.2) is 57.1 Å². The number of hydrogen-bond donors (Lipinski definition) is 1. The first-order valence-electron chi connectivity index (χ1n) is 14.2. The van der Waals surface area contributed by atoms with Crippen LogP contribution in [0.3, 0.4) is 0 Å². The van der Waals surface area contributed by atoms with E-state index in [9.17, 15) is 18.0 Å². The average molecular weight is 594 g/mol. The second-order valence-electron chi connectivity index (χ2n) is 11.0. The first-order valence-corrected chi connectivity index (χ1v) is 16.1. The molecule has 0 heterocycles. The molecule has 3 aromatic carbocycles. The summed E-state index contributed by atoms with van der Waals surface area (Å²) in [7, 11) is -2.00. The van der Waals surface area contributed by atoms with Crippen molar-refractivity contribution < 1.29 is 22.7 Å². The molecule has 1 atom stereocenters. The molecule has 0 aliphatic heterocycles. The Hall–Kier alpha value is -3.85. The van der Waals surface area contributed by atoms with E-state index in [4.69, 9.17) is 4.74 Å². The van der Waals surface area contributed by atoms with E-state index < -0.39 is 16.1 Å². The second-order valence-corrected chi connectivity index (χ2v) is 12.9. The van der Waals surface area contributed by atoms with Crippen LogP contribution in [0.2, 0.25) is 0 Å². The lowest BCUT2D eigenvalue weighted by Crippen LogP contribution is -2.51. The largest absolute Gasteiger partial charge is 0.497 e. The Labute approximate surface area is 250 Å². The van der Waals surface area contributed by atoms with Gasteiger partial charge in [0.2, 0.25) is 21.8 Å². The first-order chi connectivity index (χ1) is 19.9. The fraction of sp³-hybridized carbons (Fsp3) is 0.394. The number of methoxy groups -OCH3 is 1. The summed E-state index contributed by atoms with van der Waals surface area (Å²) in [5.74, 6) is 0.189. The number of rotatable bonds is 14. The van der Waals surface area contributed by atoms with Crippen molar-refractivity contribution in [3.05, 3.63) is 95.1 Å². The van der Waals surface area contributed by atoms with E-state index >= 15 is 0 Å². The zero-order valence-corrected chi connectivity index (χ0v) is 26.3. The van der Waals surface area contributed by atoms with Gasteiger partial charge in [-0.1, -0.05) is 54.6 Å². The van der Waals surface area contributed by atoms with E-state index in [1.54, 1.807) is 12.0 Å². The van der Waals surface area contributed by atoms with Gasteiger partial charge in [0.15, 0.2) is 0 Å². The molecule has 226 valence electrons. The maximum Gasteiger partial charge on any atom is 0.243 e. The average Bonchev–Trinajstić information content (AvgIpc) is 2.94. The highest BCUT2D eigenvalue weighted by Crippen LogP contribution is 2.25. The van der Waals surface area contributed by atoms with Gasteiger partial charge in [0.25, 0.3) is 0 Å². The number of anilines is 1. The van der Waals surface area contributed by atoms with Crippen molar-refractivity contribution in [2.24, 2.45) is 0 Å². The molecule has 0 bridgehead atoms. The minimum absolute atomic E-state index is 0.0705. The molecule has 0 aliphatic carbocycles. The van der Waals surface area contributed by atoms with Crippen molar-refractivity contribution in [3.8, 4) is 5.75 Å². The standard InChI is InChI=1S/C33H43N3O5S/c1-24(2)34-33(38)31(22-27-12-8-7-9-13-27)35(23-28-14-10-15-29(21-28)41-5)32(37)16-11-19-36(42(6,39)40)30-20-25(3)17-18-26(30)4/h7-10,12-15,17-18,20-21,24,31H,11,16,19,22-23H2,1-6H3,(H,34,38). The van der Waals surface area contributed by atoms with Gasteiger partial charge in [-0.25, -0.2) is 8.42 Å². The molecule has 0 spiro atoms. The van der Waals surface area contributed by atoms with Crippen LogP contribution in [0.1, 0.15) is 48.9 Å². The molecule has 0 radical (unpaired) electrons. The molecule has 3 aromatic rings. The third-order valence-corrected chi connectivity index (χ3v) is 8.15. The molecule has 1 unspecified atom stereocenters. The summed E-state index contributed by atoms with van der Waals surface area (Å²) in [6.45, 7) is 7.90. The molecule has 0 aliphatic rings. The van der Waals surface area contributed by atoms with Crippen LogP contribution in [0.4, 0.5) is 5.69 Å². The number of nitrogens with one attached hydrogen (secondary N) is 1. The highest BCUT2D eigenvalue weighted by Gasteiger charge is 2.31. The molecule has 8 nitrogen and oxygen atoms in total. The van der Waals surface area contributed by atoms with Gasteiger partial charge in [-0.2, -0.15) is 0 Å². The topological polar surface area (TPSA) is 96.0 Å². The molecule has 9 heteroatoms. The number of nitrogens with zero attached hydrogens (tertiary/aromatic N) is 2. The molecule has 1 N–H and O–H groups in total. The number of ether oxygens (including phenoxy) is 1. The van der Waals surface area contributed by atoms with Gasteiger partial charge in [0, 0.05) is 32.0 Å². The molecule has 2 amide bonds. The zero-order chi connectivity index (χ0) is 30.9. The number of amides is 2.